The molecule has 5 heteroatoms. The van der Waals surface area contributed by atoms with Crippen LogP contribution in [0.25, 0.3) is 0 Å². The fourth-order valence-electron chi connectivity index (χ4n) is 2.34. The first-order valence-corrected chi connectivity index (χ1v) is 6.82. The van der Waals surface area contributed by atoms with E-state index in [0.29, 0.717) is 0 Å². The van der Waals surface area contributed by atoms with Crippen molar-refractivity contribution in [1.82, 2.24) is 10.2 Å². The summed E-state index contributed by atoms with van der Waals surface area (Å²) in [6.07, 6.45) is 0. The predicted molar refractivity (Wildman–Crippen MR) is 78.7 cm³/mol. The summed E-state index contributed by atoms with van der Waals surface area (Å²) in [6, 6.07) is 6.02. The van der Waals surface area contributed by atoms with Crippen LogP contribution in [-0.2, 0) is 4.79 Å². The van der Waals surface area contributed by atoms with Crippen LogP contribution in [0.3, 0.4) is 0 Å². The lowest BCUT2D eigenvalue weighted by Crippen LogP contribution is -2.44. The third kappa shape index (κ3) is 4.90. The fourth-order valence-corrected chi connectivity index (χ4v) is 2.34. The number of hydrogen-bond donors (Lipinski definition) is 2. The molecule has 2 unspecified atom stereocenters. The van der Waals surface area contributed by atoms with Crippen molar-refractivity contribution in [2.24, 2.45) is 5.73 Å². The van der Waals surface area contributed by atoms with Crippen LogP contribution in [-0.4, -0.2) is 36.5 Å². The summed E-state index contributed by atoms with van der Waals surface area (Å²) in [5.74, 6) is -0.363. The molecule has 0 aromatic heterocycles. The number of rotatable bonds is 6. The lowest BCUT2D eigenvalue weighted by atomic mass is 9.99. The quantitative estimate of drug-likeness (QED) is 0.834. The van der Waals surface area contributed by atoms with Crippen LogP contribution < -0.4 is 11.1 Å². The molecule has 1 amide bonds. The molecule has 112 valence electrons. The Morgan fingerprint density at radius 2 is 2.05 bits per heavy atom. The van der Waals surface area contributed by atoms with E-state index in [2.05, 4.69) is 5.32 Å². The number of nitrogens with two attached hydrogens (primary N) is 1. The molecule has 3 N–H and O–H groups in total. The Morgan fingerprint density at radius 3 is 2.55 bits per heavy atom. The molecule has 0 heterocycles. The Kier molecular flexibility index (Phi) is 6.10. The van der Waals surface area contributed by atoms with Gasteiger partial charge in [0.25, 0.3) is 0 Å². The molecule has 0 aliphatic heterocycles. The van der Waals surface area contributed by atoms with E-state index in [1.54, 1.807) is 6.07 Å². The van der Waals surface area contributed by atoms with Crippen molar-refractivity contribution < 1.29 is 9.18 Å². The largest absolute Gasteiger partial charge is 0.353 e. The molecular formula is C15H24FN3O. The minimum Gasteiger partial charge on any atom is -0.353 e. The van der Waals surface area contributed by atoms with Gasteiger partial charge >= 0.3 is 0 Å². The second kappa shape index (κ2) is 7.36. The highest BCUT2D eigenvalue weighted by Gasteiger charge is 2.23. The van der Waals surface area contributed by atoms with Gasteiger partial charge in [0, 0.05) is 18.1 Å². The number of carbonyl (C=O) groups excluding carboxylic acids is 1. The number of likely N-dealkylation sites (N-methyl/N-ethyl adjacent to an activating group) is 1. The molecule has 2 atom stereocenters. The van der Waals surface area contributed by atoms with Gasteiger partial charge in [0.1, 0.15) is 5.82 Å². The first kappa shape index (κ1) is 16.6. The van der Waals surface area contributed by atoms with Gasteiger partial charge < -0.3 is 11.1 Å². The first-order chi connectivity index (χ1) is 9.31. The van der Waals surface area contributed by atoms with Gasteiger partial charge in [-0.2, -0.15) is 0 Å². The maximum atomic E-state index is 13.4. The summed E-state index contributed by atoms with van der Waals surface area (Å²) >= 11 is 0. The monoisotopic (exact) mass is 281 g/mol. The zero-order valence-corrected chi connectivity index (χ0v) is 12.6. The van der Waals surface area contributed by atoms with Crippen molar-refractivity contribution in [2.45, 2.75) is 38.9 Å². The molecular weight excluding hydrogens is 257 g/mol. The summed E-state index contributed by atoms with van der Waals surface area (Å²) in [5, 5.41) is 2.83. The van der Waals surface area contributed by atoms with Gasteiger partial charge in [-0.15, -0.1) is 0 Å². The van der Waals surface area contributed by atoms with Crippen molar-refractivity contribution >= 4 is 5.91 Å². The average Bonchev–Trinajstić information content (AvgIpc) is 2.26. The van der Waals surface area contributed by atoms with Crippen LogP contribution >= 0.6 is 0 Å². The number of nitrogens with one attached hydrogen (secondary N) is 1. The van der Waals surface area contributed by atoms with Gasteiger partial charge in [-0.25, -0.2) is 4.39 Å². The van der Waals surface area contributed by atoms with Crippen molar-refractivity contribution in [2.75, 3.05) is 13.6 Å². The van der Waals surface area contributed by atoms with Gasteiger partial charge in [-0.1, -0.05) is 12.1 Å². The minimum absolute atomic E-state index is 0.0652. The molecule has 1 rings (SSSR count). The number of halogens is 1. The van der Waals surface area contributed by atoms with Crippen molar-refractivity contribution in [3.8, 4) is 0 Å². The fraction of sp³-hybridized carbons (Fsp3) is 0.533. The Balaban J connectivity index is 2.83. The van der Waals surface area contributed by atoms with E-state index in [-0.39, 0.29) is 36.4 Å². The molecule has 0 radical (unpaired) electrons. The van der Waals surface area contributed by atoms with Crippen LogP contribution in [0.1, 0.15) is 32.4 Å². The van der Waals surface area contributed by atoms with E-state index < -0.39 is 0 Å². The second-order valence-electron chi connectivity index (χ2n) is 5.50. The Morgan fingerprint density at radius 1 is 1.40 bits per heavy atom. The number of carbonyl (C=O) groups is 1. The SMILES string of the molecule is CC(C)NC(=O)CN(C)C(c1cccc(F)c1)C(C)N. The van der Waals surface area contributed by atoms with Crippen molar-refractivity contribution in [3.63, 3.8) is 0 Å². The number of nitrogens with zero attached hydrogens (tertiary/aromatic N) is 1. The van der Waals surface area contributed by atoms with Gasteiger partial charge in [0.05, 0.1) is 6.54 Å². The summed E-state index contributed by atoms with van der Waals surface area (Å²) < 4.78 is 13.4. The average molecular weight is 281 g/mol. The highest BCUT2D eigenvalue weighted by Crippen LogP contribution is 2.22. The lowest BCUT2D eigenvalue weighted by molar-refractivity contribution is -0.123. The number of amides is 1. The van der Waals surface area contributed by atoms with E-state index in [0.717, 1.165) is 5.56 Å². The third-order valence-electron chi connectivity index (χ3n) is 3.01. The van der Waals surface area contributed by atoms with E-state index in [1.807, 2.05) is 38.8 Å². The first-order valence-electron chi connectivity index (χ1n) is 6.82. The lowest BCUT2D eigenvalue weighted by Gasteiger charge is -2.31. The van der Waals surface area contributed by atoms with Gasteiger partial charge in [0.2, 0.25) is 5.91 Å². The third-order valence-corrected chi connectivity index (χ3v) is 3.01. The summed E-state index contributed by atoms with van der Waals surface area (Å²) in [6.45, 7) is 5.90. The molecule has 0 bridgehead atoms. The minimum atomic E-state index is -0.298. The molecule has 0 aliphatic rings. The van der Waals surface area contributed by atoms with E-state index in [9.17, 15) is 9.18 Å². The highest BCUT2D eigenvalue weighted by molar-refractivity contribution is 5.78. The van der Waals surface area contributed by atoms with Crippen LogP contribution in [0, 0.1) is 5.82 Å². The molecule has 20 heavy (non-hydrogen) atoms. The summed E-state index contributed by atoms with van der Waals surface area (Å²) in [4.78, 5) is 13.7. The molecule has 1 aromatic carbocycles. The maximum absolute atomic E-state index is 13.4. The zero-order valence-electron chi connectivity index (χ0n) is 12.6. The molecule has 0 fully saturated rings. The Labute approximate surface area is 120 Å². The molecule has 0 saturated heterocycles. The molecule has 0 saturated carbocycles. The molecule has 4 nitrogen and oxygen atoms in total. The van der Waals surface area contributed by atoms with E-state index in [4.69, 9.17) is 5.73 Å². The molecule has 0 spiro atoms. The summed E-state index contributed by atoms with van der Waals surface area (Å²) in [7, 11) is 1.82. The Bertz CT molecular complexity index is 448. The smallest absolute Gasteiger partial charge is 0.234 e. The van der Waals surface area contributed by atoms with Crippen molar-refractivity contribution in [1.29, 1.82) is 0 Å². The van der Waals surface area contributed by atoms with Crippen molar-refractivity contribution in [3.05, 3.63) is 35.6 Å². The van der Waals surface area contributed by atoms with Gasteiger partial charge in [-0.3, -0.25) is 9.69 Å². The highest BCUT2D eigenvalue weighted by atomic mass is 19.1. The Hall–Kier alpha value is -1.46. The zero-order chi connectivity index (χ0) is 15.3. The maximum Gasteiger partial charge on any atom is 0.234 e. The van der Waals surface area contributed by atoms with Gasteiger partial charge in [0.15, 0.2) is 0 Å². The van der Waals surface area contributed by atoms with E-state index >= 15 is 0 Å². The number of benzene rings is 1. The molecule has 1 aromatic rings. The molecule has 0 aliphatic carbocycles. The van der Waals surface area contributed by atoms with Crippen LogP contribution in [0.15, 0.2) is 24.3 Å². The standard InChI is InChI=1S/C15H24FN3O/c1-10(2)18-14(20)9-19(4)15(11(3)17)12-6-5-7-13(16)8-12/h5-8,10-11,15H,9,17H2,1-4H3,(H,18,20). The summed E-state index contributed by atoms with van der Waals surface area (Å²) in [5.41, 5.74) is 6.78. The predicted octanol–water partition coefficient (Wildman–Crippen LogP) is 1.67. The van der Waals surface area contributed by atoms with Gasteiger partial charge in [-0.05, 0) is 45.5 Å². The van der Waals surface area contributed by atoms with Crippen LogP contribution in [0.2, 0.25) is 0 Å². The van der Waals surface area contributed by atoms with Crippen LogP contribution in [0.5, 0.6) is 0 Å². The second-order valence-corrected chi connectivity index (χ2v) is 5.50. The van der Waals surface area contributed by atoms with E-state index in [1.165, 1.54) is 12.1 Å². The normalized spacial score (nSPS) is 14.4. The topological polar surface area (TPSA) is 58.4 Å². The van der Waals surface area contributed by atoms with Crippen LogP contribution in [0.4, 0.5) is 4.39 Å². The number of hydrogen-bond acceptors (Lipinski definition) is 3.